The van der Waals surface area contributed by atoms with Crippen LogP contribution < -0.4 is 5.32 Å². The predicted octanol–water partition coefficient (Wildman–Crippen LogP) is 2.10. The number of pyridine rings is 1. The minimum atomic E-state index is -0.370. The van der Waals surface area contributed by atoms with Gasteiger partial charge >= 0.3 is 5.97 Å². The first-order valence-corrected chi connectivity index (χ1v) is 6.65. The van der Waals surface area contributed by atoms with Gasteiger partial charge in [-0.3, -0.25) is 0 Å². The molecular formula is C14H20N2O3. The molecule has 2 unspecified atom stereocenters. The Labute approximate surface area is 113 Å². The summed E-state index contributed by atoms with van der Waals surface area (Å²) in [6.07, 6.45) is 4.03. The highest BCUT2D eigenvalue weighted by Gasteiger charge is 2.26. The van der Waals surface area contributed by atoms with Gasteiger partial charge in [-0.15, -0.1) is 0 Å². The summed E-state index contributed by atoms with van der Waals surface area (Å²) in [7, 11) is 1.37. The largest absolute Gasteiger partial charge is 0.465 e. The van der Waals surface area contributed by atoms with Gasteiger partial charge in [0, 0.05) is 25.3 Å². The third kappa shape index (κ3) is 3.23. The van der Waals surface area contributed by atoms with Crippen LogP contribution in [0.25, 0.3) is 0 Å². The number of ether oxygens (including phenoxy) is 2. The topological polar surface area (TPSA) is 60.5 Å². The van der Waals surface area contributed by atoms with Crippen molar-refractivity contribution >= 4 is 11.8 Å². The summed E-state index contributed by atoms with van der Waals surface area (Å²) in [5, 5.41) is 3.24. The van der Waals surface area contributed by atoms with Gasteiger partial charge in [-0.2, -0.15) is 0 Å². The Bertz CT molecular complexity index is 436. The van der Waals surface area contributed by atoms with E-state index in [-0.39, 0.29) is 5.97 Å². The number of hydrogen-bond acceptors (Lipinski definition) is 5. The number of hydrogen-bond donors (Lipinski definition) is 1. The Morgan fingerprint density at radius 3 is 3.21 bits per heavy atom. The smallest absolute Gasteiger partial charge is 0.341 e. The molecule has 2 rings (SSSR count). The van der Waals surface area contributed by atoms with Crippen LogP contribution in [0.1, 0.15) is 30.1 Å². The number of aromatic nitrogens is 1. The highest BCUT2D eigenvalue weighted by atomic mass is 16.5. The van der Waals surface area contributed by atoms with Gasteiger partial charge in [0.2, 0.25) is 0 Å². The number of esters is 1. The van der Waals surface area contributed by atoms with E-state index in [1.807, 2.05) is 0 Å². The van der Waals surface area contributed by atoms with Crippen molar-refractivity contribution in [3.8, 4) is 0 Å². The van der Waals surface area contributed by atoms with Crippen LogP contribution in [0.5, 0.6) is 0 Å². The average molecular weight is 264 g/mol. The van der Waals surface area contributed by atoms with Crippen LogP contribution in [0.15, 0.2) is 18.3 Å². The molecule has 5 nitrogen and oxygen atoms in total. The Hall–Kier alpha value is -1.62. The molecule has 1 aromatic heterocycles. The van der Waals surface area contributed by atoms with E-state index in [0.29, 0.717) is 23.4 Å². The summed E-state index contributed by atoms with van der Waals surface area (Å²) in [6.45, 7) is 3.71. The quantitative estimate of drug-likeness (QED) is 0.825. The molecule has 2 atom stereocenters. The van der Waals surface area contributed by atoms with Crippen LogP contribution in [0.3, 0.4) is 0 Å². The third-order valence-corrected chi connectivity index (χ3v) is 3.49. The lowest BCUT2D eigenvalue weighted by Crippen LogP contribution is -2.24. The molecule has 5 heteroatoms. The fourth-order valence-corrected chi connectivity index (χ4v) is 2.43. The molecule has 2 heterocycles. The Morgan fingerprint density at radius 2 is 2.47 bits per heavy atom. The number of anilines is 1. The van der Waals surface area contributed by atoms with Gasteiger partial charge in [0.05, 0.1) is 13.2 Å². The Morgan fingerprint density at radius 1 is 1.63 bits per heavy atom. The summed E-state index contributed by atoms with van der Waals surface area (Å²) < 4.78 is 10.4. The maximum absolute atomic E-state index is 11.6. The normalized spacial score (nSPS) is 22.2. The van der Waals surface area contributed by atoms with Gasteiger partial charge < -0.3 is 14.8 Å². The van der Waals surface area contributed by atoms with Gasteiger partial charge in [-0.1, -0.05) is 6.92 Å². The molecule has 1 saturated heterocycles. The van der Waals surface area contributed by atoms with Crippen molar-refractivity contribution in [1.82, 2.24) is 4.98 Å². The van der Waals surface area contributed by atoms with Crippen LogP contribution in [0.4, 0.5) is 5.82 Å². The fourth-order valence-electron chi connectivity index (χ4n) is 2.43. The molecular weight excluding hydrogens is 244 g/mol. The van der Waals surface area contributed by atoms with Gasteiger partial charge in [0.25, 0.3) is 0 Å². The number of nitrogens with one attached hydrogen (secondary N) is 1. The molecule has 1 N–H and O–H groups in total. The summed E-state index contributed by atoms with van der Waals surface area (Å²) in [5.74, 6) is 0.680. The number of rotatable bonds is 5. The van der Waals surface area contributed by atoms with Crippen LogP contribution in [0.2, 0.25) is 0 Å². The maximum atomic E-state index is 11.6. The summed E-state index contributed by atoms with van der Waals surface area (Å²) >= 11 is 0. The van der Waals surface area contributed by atoms with Crippen molar-refractivity contribution in [2.75, 3.05) is 25.6 Å². The fraction of sp³-hybridized carbons (Fsp3) is 0.571. The van der Waals surface area contributed by atoms with Crippen molar-refractivity contribution in [3.05, 3.63) is 23.9 Å². The van der Waals surface area contributed by atoms with Crippen molar-refractivity contribution in [2.24, 2.45) is 5.92 Å². The average Bonchev–Trinajstić information content (AvgIpc) is 2.92. The van der Waals surface area contributed by atoms with E-state index >= 15 is 0 Å². The lowest BCUT2D eigenvalue weighted by Gasteiger charge is -2.18. The Balaban J connectivity index is 2.01. The van der Waals surface area contributed by atoms with Crippen LogP contribution >= 0.6 is 0 Å². The first-order valence-electron chi connectivity index (χ1n) is 6.65. The summed E-state index contributed by atoms with van der Waals surface area (Å²) in [5.41, 5.74) is 0.469. The number of methoxy groups -OCH3 is 1. The molecule has 1 aromatic rings. The molecule has 0 saturated carbocycles. The minimum Gasteiger partial charge on any atom is -0.465 e. The maximum Gasteiger partial charge on any atom is 0.341 e. The molecule has 0 spiro atoms. The van der Waals surface area contributed by atoms with Crippen molar-refractivity contribution in [3.63, 3.8) is 0 Å². The number of carbonyl (C=O) groups excluding carboxylic acids is 1. The highest BCUT2D eigenvalue weighted by molar-refractivity contribution is 5.94. The van der Waals surface area contributed by atoms with E-state index < -0.39 is 0 Å². The van der Waals surface area contributed by atoms with Gasteiger partial charge in [-0.05, 0) is 25.0 Å². The van der Waals surface area contributed by atoms with Crippen molar-refractivity contribution < 1.29 is 14.3 Å². The molecule has 104 valence electrons. The second kappa shape index (κ2) is 6.52. The molecule has 1 fully saturated rings. The summed E-state index contributed by atoms with van der Waals surface area (Å²) in [4.78, 5) is 15.8. The van der Waals surface area contributed by atoms with Gasteiger partial charge in [-0.25, -0.2) is 9.78 Å². The molecule has 0 radical (unpaired) electrons. The van der Waals surface area contributed by atoms with E-state index in [4.69, 9.17) is 9.47 Å². The predicted molar refractivity (Wildman–Crippen MR) is 72.2 cm³/mol. The van der Waals surface area contributed by atoms with E-state index in [0.717, 1.165) is 26.0 Å². The zero-order valence-corrected chi connectivity index (χ0v) is 11.4. The van der Waals surface area contributed by atoms with E-state index in [1.165, 1.54) is 7.11 Å². The molecule has 0 aromatic carbocycles. The van der Waals surface area contributed by atoms with Gasteiger partial charge in [0.15, 0.2) is 0 Å². The summed E-state index contributed by atoms with van der Waals surface area (Å²) in [6, 6.07) is 3.44. The van der Waals surface area contributed by atoms with E-state index in [2.05, 4.69) is 17.2 Å². The lowest BCUT2D eigenvalue weighted by atomic mass is 9.99. The molecule has 1 aliphatic rings. The van der Waals surface area contributed by atoms with E-state index in [9.17, 15) is 4.79 Å². The van der Waals surface area contributed by atoms with Gasteiger partial charge in [0.1, 0.15) is 11.4 Å². The molecule has 1 aliphatic heterocycles. The van der Waals surface area contributed by atoms with Crippen LogP contribution in [-0.4, -0.2) is 37.3 Å². The zero-order chi connectivity index (χ0) is 13.7. The monoisotopic (exact) mass is 264 g/mol. The van der Waals surface area contributed by atoms with Crippen molar-refractivity contribution in [2.45, 2.75) is 25.9 Å². The zero-order valence-electron chi connectivity index (χ0n) is 11.4. The molecule has 19 heavy (non-hydrogen) atoms. The van der Waals surface area contributed by atoms with E-state index in [1.54, 1.807) is 18.3 Å². The third-order valence-electron chi connectivity index (χ3n) is 3.49. The number of nitrogens with zero attached hydrogens (tertiary/aromatic N) is 1. The molecule has 0 bridgehead atoms. The van der Waals surface area contributed by atoms with Crippen LogP contribution in [-0.2, 0) is 9.47 Å². The second-order valence-electron chi connectivity index (χ2n) is 4.64. The lowest BCUT2D eigenvalue weighted by molar-refractivity contribution is 0.0601. The minimum absolute atomic E-state index is 0.304. The van der Waals surface area contributed by atoms with Crippen LogP contribution in [0, 0.1) is 5.92 Å². The number of carbonyl (C=O) groups is 1. The first kappa shape index (κ1) is 13.8. The SMILES string of the molecule is CCC1OCCC1CNc1ncccc1C(=O)OC. The highest BCUT2D eigenvalue weighted by Crippen LogP contribution is 2.24. The first-order chi connectivity index (χ1) is 9.26. The molecule has 0 aliphatic carbocycles. The standard InChI is InChI=1S/C14H20N2O3/c1-3-12-10(6-8-19-12)9-16-13-11(14(17)18-2)5-4-7-15-13/h4-5,7,10,12H,3,6,8-9H2,1-2H3,(H,15,16). The van der Waals surface area contributed by atoms with Crippen molar-refractivity contribution in [1.29, 1.82) is 0 Å². The molecule has 0 amide bonds. The Kier molecular flexibility index (Phi) is 4.74. The second-order valence-corrected chi connectivity index (χ2v) is 4.64.